The highest BCUT2D eigenvalue weighted by atomic mass is 16.4. The van der Waals surface area contributed by atoms with Crippen LogP contribution in [0.15, 0.2) is 21.7 Å². The van der Waals surface area contributed by atoms with Crippen LogP contribution in [0.2, 0.25) is 0 Å². The number of carbonyl (C=O) groups is 1. The number of carboxylic acid groups (broad SMARTS) is 1. The third kappa shape index (κ3) is 1.46. The van der Waals surface area contributed by atoms with Crippen molar-refractivity contribution in [3.8, 4) is 0 Å². The molecule has 0 aliphatic carbocycles. The van der Waals surface area contributed by atoms with E-state index >= 15 is 0 Å². The van der Waals surface area contributed by atoms with Gasteiger partial charge in [-0.2, -0.15) is 0 Å². The summed E-state index contributed by atoms with van der Waals surface area (Å²) in [5.41, 5.74) is -0.0382. The van der Waals surface area contributed by atoms with Crippen molar-refractivity contribution in [3.63, 3.8) is 0 Å². The molecule has 2 aromatic rings. The van der Waals surface area contributed by atoms with E-state index in [2.05, 4.69) is 0 Å². The van der Waals surface area contributed by atoms with Crippen LogP contribution in [0.3, 0.4) is 0 Å². The molecule has 0 saturated heterocycles. The van der Waals surface area contributed by atoms with E-state index in [1.807, 2.05) is 0 Å². The van der Waals surface area contributed by atoms with Gasteiger partial charge in [0, 0.05) is 14.1 Å². The van der Waals surface area contributed by atoms with Crippen molar-refractivity contribution in [3.05, 3.63) is 44.1 Å². The third-order valence-corrected chi connectivity index (χ3v) is 3.13. The summed E-state index contributed by atoms with van der Waals surface area (Å²) in [6, 6.07) is 2.88. The second-order valence-electron chi connectivity index (χ2n) is 4.14. The zero-order valence-corrected chi connectivity index (χ0v) is 10.2. The molecule has 0 unspecified atom stereocenters. The number of benzene rings is 1. The zero-order valence-electron chi connectivity index (χ0n) is 10.2. The fourth-order valence-corrected chi connectivity index (χ4v) is 2.06. The van der Waals surface area contributed by atoms with Crippen molar-refractivity contribution in [1.29, 1.82) is 0 Å². The van der Waals surface area contributed by atoms with E-state index in [4.69, 9.17) is 5.11 Å². The molecule has 0 spiro atoms. The van der Waals surface area contributed by atoms with Gasteiger partial charge in [-0.3, -0.25) is 13.9 Å². The second-order valence-corrected chi connectivity index (χ2v) is 4.14. The first-order valence-electron chi connectivity index (χ1n) is 5.29. The topological polar surface area (TPSA) is 81.3 Å². The second kappa shape index (κ2) is 3.83. The number of hydrogen-bond acceptors (Lipinski definition) is 3. The van der Waals surface area contributed by atoms with E-state index in [-0.39, 0.29) is 10.9 Å². The molecule has 1 N–H and O–H groups in total. The summed E-state index contributed by atoms with van der Waals surface area (Å²) >= 11 is 0. The van der Waals surface area contributed by atoms with Crippen molar-refractivity contribution >= 4 is 16.9 Å². The van der Waals surface area contributed by atoms with Crippen LogP contribution in [-0.2, 0) is 14.1 Å². The summed E-state index contributed by atoms with van der Waals surface area (Å²) in [5, 5.41) is 9.30. The molecule has 0 fully saturated rings. The molecule has 94 valence electrons. The van der Waals surface area contributed by atoms with E-state index in [9.17, 15) is 14.4 Å². The lowest BCUT2D eigenvalue weighted by Crippen LogP contribution is -2.37. The summed E-state index contributed by atoms with van der Waals surface area (Å²) in [6.45, 7) is 1.57. The molecule has 1 heterocycles. The van der Waals surface area contributed by atoms with E-state index in [0.717, 1.165) is 4.57 Å². The van der Waals surface area contributed by atoms with Crippen LogP contribution in [0.4, 0.5) is 0 Å². The molecule has 0 radical (unpaired) electrons. The number of hydrogen-bond donors (Lipinski definition) is 1. The van der Waals surface area contributed by atoms with Crippen LogP contribution in [-0.4, -0.2) is 20.2 Å². The maximum atomic E-state index is 12.1. The van der Waals surface area contributed by atoms with Crippen molar-refractivity contribution in [2.75, 3.05) is 0 Å². The lowest BCUT2D eigenvalue weighted by atomic mass is 10.0. The molecule has 18 heavy (non-hydrogen) atoms. The van der Waals surface area contributed by atoms with Crippen molar-refractivity contribution in [2.24, 2.45) is 14.1 Å². The van der Waals surface area contributed by atoms with Crippen LogP contribution < -0.4 is 11.2 Å². The van der Waals surface area contributed by atoms with E-state index < -0.39 is 17.2 Å². The predicted octanol–water partition coefficient (Wildman–Crippen LogP) is 0.244. The van der Waals surface area contributed by atoms with Crippen LogP contribution >= 0.6 is 0 Å². The Morgan fingerprint density at radius 1 is 1.17 bits per heavy atom. The maximum absolute atomic E-state index is 12.1. The number of carboxylic acids is 1. The van der Waals surface area contributed by atoms with Gasteiger partial charge in [-0.05, 0) is 24.6 Å². The molecule has 0 atom stereocenters. The Kier molecular flexibility index (Phi) is 2.58. The number of aromatic nitrogens is 2. The number of nitrogens with zero attached hydrogens (tertiary/aromatic N) is 2. The van der Waals surface area contributed by atoms with Crippen LogP contribution in [0, 0.1) is 6.92 Å². The van der Waals surface area contributed by atoms with E-state index in [1.165, 1.54) is 23.7 Å². The van der Waals surface area contributed by atoms with Gasteiger partial charge in [-0.25, -0.2) is 9.59 Å². The molecular formula is C12H12N2O4. The SMILES string of the molecule is Cc1c(C(=O)O)ccc2c1c(=O)n(C)c(=O)n2C. The molecule has 0 saturated carbocycles. The zero-order chi connectivity index (χ0) is 13.6. The number of aromatic carboxylic acids is 1. The number of aryl methyl sites for hydroxylation is 2. The number of fused-ring (bicyclic) bond motifs is 1. The predicted molar refractivity (Wildman–Crippen MR) is 66.1 cm³/mol. The molecular weight excluding hydrogens is 236 g/mol. The Morgan fingerprint density at radius 3 is 2.33 bits per heavy atom. The Balaban J connectivity index is 3.14. The standard InChI is InChI=1S/C12H12N2O4/c1-6-7(11(16)17)4-5-8-9(6)10(15)14(3)12(18)13(8)2/h4-5H,1-3H3,(H,16,17). The average molecular weight is 248 g/mol. The Labute approximate surface area is 102 Å². The van der Waals surface area contributed by atoms with E-state index in [0.29, 0.717) is 11.1 Å². The molecule has 0 aliphatic heterocycles. The fraction of sp³-hybridized carbons (Fsp3) is 0.250. The Hall–Kier alpha value is -2.37. The van der Waals surface area contributed by atoms with Gasteiger partial charge in [-0.1, -0.05) is 0 Å². The van der Waals surface area contributed by atoms with Gasteiger partial charge in [0.2, 0.25) is 0 Å². The van der Waals surface area contributed by atoms with Crippen LogP contribution in [0.1, 0.15) is 15.9 Å². The first kappa shape index (κ1) is 12.1. The minimum absolute atomic E-state index is 0.0678. The Morgan fingerprint density at radius 2 is 1.78 bits per heavy atom. The summed E-state index contributed by atoms with van der Waals surface area (Å²) in [7, 11) is 2.92. The van der Waals surface area contributed by atoms with Gasteiger partial charge >= 0.3 is 11.7 Å². The average Bonchev–Trinajstić information content (AvgIpc) is 2.32. The van der Waals surface area contributed by atoms with Crippen molar-refractivity contribution in [1.82, 2.24) is 9.13 Å². The quantitative estimate of drug-likeness (QED) is 0.784. The highest BCUT2D eigenvalue weighted by Gasteiger charge is 2.15. The van der Waals surface area contributed by atoms with Crippen LogP contribution in [0.25, 0.3) is 10.9 Å². The summed E-state index contributed by atoms with van der Waals surface area (Å²) in [6.07, 6.45) is 0. The fourth-order valence-electron chi connectivity index (χ4n) is 2.06. The largest absolute Gasteiger partial charge is 0.478 e. The van der Waals surface area contributed by atoms with Gasteiger partial charge in [0.25, 0.3) is 5.56 Å². The van der Waals surface area contributed by atoms with Gasteiger partial charge in [0.15, 0.2) is 0 Å². The minimum Gasteiger partial charge on any atom is -0.478 e. The molecule has 2 rings (SSSR count). The third-order valence-electron chi connectivity index (χ3n) is 3.13. The lowest BCUT2D eigenvalue weighted by Gasteiger charge is -2.10. The molecule has 6 nitrogen and oxygen atoms in total. The summed E-state index contributed by atoms with van der Waals surface area (Å²) < 4.78 is 2.30. The smallest absolute Gasteiger partial charge is 0.335 e. The van der Waals surface area contributed by atoms with Crippen molar-refractivity contribution in [2.45, 2.75) is 6.92 Å². The van der Waals surface area contributed by atoms with Gasteiger partial charge in [0.05, 0.1) is 16.5 Å². The van der Waals surface area contributed by atoms with Gasteiger partial charge in [-0.15, -0.1) is 0 Å². The Bertz CT molecular complexity index is 783. The van der Waals surface area contributed by atoms with Gasteiger partial charge < -0.3 is 5.11 Å². The van der Waals surface area contributed by atoms with E-state index in [1.54, 1.807) is 14.0 Å². The summed E-state index contributed by atoms with van der Waals surface area (Å²) in [5.74, 6) is -1.09. The van der Waals surface area contributed by atoms with Gasteiger partial charge in [0.1, 0.15) is 0 Å². The first-order chi connectivity index (χ1) is 8.36. The maximum Gasteiger partial charge on any atom is 0.335 e. The highest BCUT2D eigenvalue weighted by molar-refractivity contribution is 5.96. The summed E-state index contributed by atoms with van der Waals surface area (Å²) in [4.78, 5) is 34.8. The molecule has 6 heteroatoms. The lowest BCUT2D eigenvalue weighted by molar-refractivity contribution is 0.0696. The molecule has 0 aliphatic rings. The first-order valence-corrected chi connectivity index (χ1v) is 5.29. The van der Waals surface area contributed by atoms with Crippen LogP contribution in [0.5, 0.6) is 0 Å². The normalized spacial score (nSPS) is 10.8. The molecule has 1 aromatic carbocycles. The molecule has 1 aromatic heterocycles. The van der Waals surface area contributed by atoms with Crippen molar-refractivity contribution < 1.29 is 9.90 Å². The highest BCUT2D eigenvalue weighted by Crippen LogP contribution is 2.17. The molecule has 0 bridgehead atoms. The minimum atomic E-state index is -1.09. The monoisotopic (exact) mass is 248 g/mol. The number of rotatable bonds is 1. The molecule has 0 amide bonds.